The number of aromatic amines is 1. The van der Waals surface area contributed by atoms with Crippen molar-refractivity contribution < 1.29 is 5.11 Å². The van der Waals surface area contributed by atoms with Crippen LogP contribution in [-0.2, 0) is 0 Å². The minimum absolute atomic E-state index is 0.0411. The molecule has 0 fully saturated rings. The molecule has 0 saturated carbocycles. The molecule has 0 bridgehead atoms. The Kier molecular flexibility index (Phi) is 2.26. The summed E-state index contributed by atoms with van der Waals surface area (Å²) in [5, 5.41) is 13.5. The van der Waals surface area contributed by atoms with Crippen LogP contribution in [0, 0.1) is 0 Å². The van der Waals surface area contributed by atoms with Crippen LogP contribution in [0.5, 0.6) is 5.75 Å². The lowest BCUT2D eigenvalue weighted by molar-refractivity contribution is 0.478. The second-order valence-corrected chi connectivity index (χ2v) is 3.86. The van der Waals surface area contributed by atoms with Gasteiger partial charge in [0.15, 0.2) is 0 Å². The maximum atomic E-state index is 9.55. The average Bonchev–Trinajstić information content (AvgIpc) is 2.83. The van der Waals surface area contributed by atoms with E-state index in [2.05, 4.69) is 20.3 Å². The highest BCUT2D eigenvalue weighted by molar-refractivity contribution is 5.88. The molecule has 6 heteroatoms. The number of fused-ring (bicyclic) bond motifs is 1. The number of aromatic nitrogens is 3. The van der Waals surface area contributed by atoms with Gasteiger partial charge in [0.05, 0.1) is 11.1 Å². The van der Waals surface area contributed by atoms with Crippen LogP contribution >= 0.6 is 0 Å². The quantitative estimate of drug-likeness (QED) is 0.406. The average molecular weight is 241 g/mol. The number of nitrogens with two attached hydrogens (primary N) is 1. The predicted octanol–water partition coefficient (Wildman–Crippen LogP) is 1.99. The largest absolute Gasteiger partial charge is 0.506 e. The third kappa shape index (κ3) is 1.69. The van der Waals surface area contributed by atoms with Gasteiger partial charge in [-0.2, -0.15) is 0 Å². The van der Waals surface area contributed by atoms with E-state index in [0.29, 0.717) is 17.2 Å². The molecule has 2 heterocycles. The number of aromatic hydroxyl groups is 1. The van der Waals surface area contributed by atoms with Gasteiger partial charge in [-0.15, -0.1) is 0 Å². The molecule has 0 aliphatic heterocycles. The van der Waals surface area contributed by atoms with Crippen LogP contribution in [0.15, 0.2) is 36.8 Å². The van der Waals surface area contributed by atoms with Crippen molar-refractivity contribution in [1.29, 1.82) is 0 Å². The smallest absolute Gasteiger partial charge is 0.143 e. The van der Waals surface area contributed by atoms with Crippen molar-refractivity contribution in [3.63, 3.8) is 0 Å². The molecule has 1 aromatic carbocycles. The van der Waals surface area contributed by atoms with Crippen molar-refractivity contribution in [2.75, 3.05) is 11.1 Å². The van der Waals surface area contributed by atoms with E-state index in [1.54, 1.807) is 24.4 Å². The van der Waals surface area contributed by atoms with E-state index in [0.717, 1.165) is 11.0 Å². The zero-order chi connectivity index (χ0) is 12.5. The number of phenolic OH excluding ortho intramolecular Hbond substituents is 1. The molecule has 3 aromatic rings. The van der Waals surface area contributed by atoms with E-state index < -0.39 is 0 Å². The summed E-state index contributed by atoms with van der Waals surface area (Å²) >= 11 is 0. The van der Waals surface area contributed by atoms with Gasteiger partial charge in [0.2, 0.25) is 0 Å². The van der Waals surface area contributed by atoms with E-state index in [-0.39, 0.29) is 5.75 Å². The number of phenols is 1. The van der Waals surface area contributed by atoms with Crippen molar-refractivity contribution in [2.24, 2.45) is 0 Å². The second-order valence-electron chi connectivity index (χ2n) is 3.86. The number of benzene rings is 1. The molecule has 0 radical (unpaired) electrons. The fraction of sp³-hybridized carbons (Fsp3) is 0. The molecule has 0 aliphatic rings. The summed E-state index contributed by atoms with van der Waals surface area (Å²) in [6.07, 6.45) is 3.27. The minimum Gasteiger partial charge on any atom is -0.506 e. The van der Waals surface area contributed by atoms with Gasteiger partial charge in [-0.25, -0.2) is 9.97 Å². The van der Waals surface area contributed by atoms with Crippen LogP contribution < -0.4 is 11.1 Å². The molecule has 18 heavy (non-hydrogen) atoms. The van der Waals surface area contributed by atoms with Crippen molar-refractivity contribution >= 4 is 28.2 Å². The monoisotopic (exact) mass is 241 g/mol. The number of nitrogens with zero attached hydrogens (tertiary/aromatic N) is 2. The topological polar surface area (TPSA) is 99.9 Å². The van der Waals surface area contributed by atoms with Crippen molar-refractivity contribution in [3.05, 3.63) is 36.8 Å². The highest BCUT2D eigenvalue weighted by atomic mass is 16.3. The standard InChI is InChI=1S/C12H11N5O/c13-9-2-1-7(5-10(9)18)17-12-8-3-4-14-11(8)15-6-16-12/h1-6,18H,13H2,(H2,14,15,16,17). The minimum atomic E-state index is 0.0411. The maximum Gasteiger partial charge on any atom is 0.143 e. The first-order valence-corrected chi connectivity index (χ1v) is 5.37. The lowest BCUT2D eigenvalue weighted by Gasteiger charge is -2.07. The van der Waals surface area contributed by atoms with Crippen molar-refractivity contribution in [2.45, 2.75) is 0 Å². The van der Waals surface area contributed by atoms with Gasteiger partial charge in [-0.05, 0) is 18.2 Å². The van der Waals surface area contributed by atoms with E-state index in [4.69, 9.17) is 5.73 Å². The highest BCUT2D eigenvalue weighted by Gasteiger charge is 2.05. The zero-order valence-corrected chi connectivity index (χ0v) is 9.38. The van der Waals surface area contributed by atoms with Crippen LogP contribution in [0.3, 0.4) is 0 Å². The zero-order valence-electron chi connectivity index (χ0n) is 9.38. The second kappa shape index (κ2) is 3.92. The van der Waals surface area contributed by atoms with Gasteiger partial charge >= 0.3 is 0 Å². The molecular weight excluding hydrogens is 230 g/mol. The van der Waals surface area contributed by atoms with Gasteiger partial charge < -0.3 is 21.1 Å². The normalized spacial score (nSPS) is 10.7. The molecule has 2 aromatic heterocycles. The van der Waals surface area contributed by atoms with Crippen LogP contribution in [0.2, 0.25) is 0 Å². The van der Waals surface area contributed by atoms with Crippen LogP contribution in [0.1, 0.15) is 0 Å². The third-order valence-corrected chi connectivity index (χ3v) is 2.65. The Balaban J connectivity index is 2.01. The number of H-pyrrole nitrogens is 1. The molecule has 90 valence electrons. The third-order valence-electron chi connectivity index (χ3n) is 2.65. The molecule has 3 rings (SSSR count). The summed E-state index contributed by atoms with van der Waals surface area (Å²) < 4.78 is 0. The Morgan fingerprint density at radius 2 is 2.11 bits per heavy atom. The maximum absolute atomic E-state index is 9.55. The Hall–Kier alpha value is -2.76. The highest BCUT2D eigenvalue weighted by Crippen LogP contribution is 2.27. The number of anilines is 3. The van der Waals surface area contributed by atoms with E-state index in [1.165, 1.54) is 6.33 Å². The molecule has 0 aliphatic carbocycles. The first-order chi connectivity index (χ1) is 8.74. The van der Waals surface area contributed by atoms with Gasteiger partial charge in [0.1, 0.15) is 23.5 Å². The molecule has 0 unspecified atom stereocenters. The number of nitrogens with one attached hydrogen (secondary N) is 2. The van der Waals surface area contributed by atoms with E-state index in [9.17, 15) is 5.11 Å². The SMILES string of the molecule is Nc1ccc(Nc2ncnc3[nH]ccc23)cc1O. The molecule has 0 atom stereocenters. The lowest BCUT2D eigenvalue weighted by Crippen LogP contribution is -1.95. The van der Waals surface area contributed by atoms with E-state index >= 15 is 0 Å². The predicted molar refractivity (Wildman–Crippen MR) is 69.7 cm³/mol. The summed E-state index contributed by atoms with van der Waals surface area (Å²) in [5.41, 5.74) is 7.36. The van der Waals surface area contributed by atoms with Gasteiger partial charge in [0.25, 0.3) is 0 Å². The molecule has 6 nitrogen and oxygen atoms in total. The summed E-state index contributed by atoms with van der Waals surface area (Å²) in [6, 6.07) is 6.84. The fourth-order valence-electron chi connectivity index (χ4n) is 1.73. The summed E-state index contributed by atoms with van der Waals surface area (Å²) in [7, 11) is 0. The Labute approximate surface area is 103 Å². The molecule has 0 amide bonds. The fourth-order valence-corrected chi connectivity index (χ4v) is 1.73. The molecule has 5 N–H and O–H groups in total. The van der Waals surface area contributed by atoms with Crippen LogP contribution in [-0.4, -0.2) is 20.1 Å². The number of rotatable bonds is 2. The van der Waals surface area contributed by atoms with Gasteiger partial charge in [-0.3, -0.25) is 0 Å². The first-order valence-electron chi connectivity index (χ1n) is 5.37. The lowest BCUT2D eigenvalue weighted by atomic mass is 10.2. The summed E-state index contributed by atoms with van der Waals surface area (Å²) in [4.78, 5) is 11.3. The molecule has 0 saturated heterocycles. The van der Waals surface area contributed by atoms with Gasteiger partial charge in [0, 0.05) is 18.0 Å². The Morgan fingerprint density at radius 3 is 2.94 bits per heavy atom. The summed E-state index contributed by atoms with van der Waals surface area (Å²) in [6.45, 7) is 0. The number of hydrogen-bond donors (Lipinski definition) is 4. The van der Waals surface area contributed by atoms with Crippen LogP contribution in [0.4, 0.5) is 17.2 Å². The Bertz CT molecular complexity index is 707. The molecule has 0 spiro atoms. The van der Waals surface area contributed by atoms with Gasteiger partial charge in [-0.1, -0.05) is 0 Å². The van der Waals surface area contributed by atoms with E-state index in [1.807, 2.05) is 6.07 Å². The molecular formula is C12H11N5O. The van der Waals surface area contributed by atoms with Crippen molar-refractivity contribution in [1.82, 2.24) is 15.0 Å². The summed E-state index contributed by atoms with van der Waals surface area (Å²) in [5.74, 6) is 0.713. The number of nitrogen functional groups attached to an aromatic ring is 1. The van der Waals surface area contributed by atoms with Crippen LogP contribution in [0.25, 0.3) is 11.0 Å². The van der Waals surface area contributed by atoms with Crippen molar-refractivity contribution in [3.8, 4) is 5.75 Å². The Morgan fingerprint density at radius 1 is 1.22 bits per heavy atom. The number of hydrogen-bond acceptors (Lipinski definition) is 5. The first kappa shape index (κ1) is 10.4.